The molecule has 4 rings (SSSR count). The zero-order chi connectivity index (χ0) is 24.3. The Balaban J connectivity index is 1.65. The van der Waals surface area contributed by atoms with E-state index in [0.29, 0.717) is 12.8 Å². The number of fused-ring (bicyclic) bond motifs is 1. The fraction of sp³-hybridized carbons (Fsp3) is 0.500. The molecule has 0 radical (unpaired) electrons. The number of nitriles is 1. The molecule has 4 heteroatoms. The van der Waals surface area contributed by atoms with Gasteiger partial charge < -0.3 is 0 Å². The summed E-state index contributed by atoms with van der Waals surface area (Å²) in [6, 6.07) is 12.7. The molecule has 0 spiro atoms. The zero-order valence-corrected chi connectivity index (χ0v) is 21.2. The van der Waals surface area contributed by atoms with Crippen LogP contribution in [0.25, 0.3) is 0 Å². The van der Waals surface area contributed by atoms with Crippen molar-refractivity contribution in [2.45, 2.75) is 70.1 Å². The first-order valence-corrected chi connectivity index (χ1v) is 13.4. The minimum atomic E-state index is -0.223. The largest absolute Gasteiger partial charge is 0.295 e. The Kier molecular flexibility index (Phi) is 7.63. The molecule has 5 atom stereocenters. The molecule has 3 aliphatic carbocycles. The molecule has 178 valence electrons. The van der Waals surface area contributed by atoms with Crippen molar-refractivity contribution in [1.29, 1.82) is 5.26 Å². The topological polar surface area (TPSA) is 57.9 Å². The molecule has 2 saturated carbocycles. The summed E-state index contributed by atoms with van der Waals surface area (Å²) in [7, 11) is 0. The van der Waals surface area contributed by atoms with Gasteiger partial charge in [-0.05, 0) is 92.7 Å². The maximum absolute atomic E-state index is 13.9. The van der Waals surface area contributed by atoms with Crippen molar-refractivity contribution >= 4 is 23.3 Å². The lowest BCUT2D eigenvalue weighted by atomic mass is 9.49. The van der Waals surface area contributed by atoms with Crippen molar-refractivity contribution in [3.05, 3.63) is 65.1 Å². The monoisotopic (exact) mass is 473 g/mol. The smallest absolute Gasteiger partial charge is 0.162 e. The Labute approximate surface area is 208 Å². The van der Waals surface area contributed by atoms with Crippen LogP contribution in [0.1, 0.15) is 65.2 Å². The summed E-state index contributed by atoms with van der Waals surface area (Å²) in [6.45, 7) is 8.50. The van der Waals surface area contributed by atoms with E-state index < -0.39 is 0 Å². The maximum Gasteiger partial charge on any atom is 0.162 e. The Morgan fingerprint density at radius 3 is 2.68 bits per heavy atom. The highest BCUT2D eigenvalue weighted by molar-refractivity contribution is 8.02. The summed E-state index contributed by atoms with van der Waals surface area (Å²) < 4.78 is 0. The maximum atomic E-state index is 13.9. The first-order chi connectivity index (χ1) is 16.3. The van der Waals surface area contributed by atoms with Gasteiger partial charge in [0, 0.05) is 22.8 Å². The van der Waals surface area contributed by atoms with Crippen LogP contribution < -0.4 is 0 Å². The van der Waals surface area contributed by atoms with Gasteiger partial charge in [0.05, 0.1) is 12.0 Å². The van der Waals surface area contributed by atoms with Crippen molar-refractivity contribution in [1.82, 2.24) is 0 Å². The number of ketones is 2. The summed E-state index contributed by atoms with van der Waals surface area (Å²) in [5, 5.41) is 12.2. The second-order valence-electron chi connectivity index (χ2n) is 10.7. The van der Waals surface area contributed by atoms with E-state index in [1.807, 2.05) is 29.7 Å². The van der Waals surface area contributed by atoms with Gasteiger partial charge in [0.2, 0.25) is 0 Å². The molecule has 34 heavy (non-hydrogen) atoms. The Morgan fingerprint density at radius 1 is 1.24 bits per heavy atom. The molecule has 1 aromatic rings. The predicted octanol–water partition coefficient (Wildman–Crippen LogP) is 7.46. The highest BCUT2D eigenvalue weighted by atomic mass is 32.2. The standard InChI is InChI=1S/C30H35NO2S/c1-20(2)22-15-24(18-31)30(3)17-23(19-34-26-10-5-4-6-11-26)29(33)27(28(30)16-22)13-12-21-8-7-9-25(32)14-21/h4-6,10-11,14,19,22,24,27-28H,1,7-9,12-13,15-17H2,2-3H3/b23-19+/t22-,24+,27-,28-,30+/m0/s1. The molecule has 3 nitrogen and oxygen atoms in total. The van der Waals surface area contributed by atoms with Gasteiger partial charge in [-0.15, -0.1) is 0 Å². The molecule has 2 fully saturated rings. The van der Waals surface area contributed by atoms with Crippen molar-refractivity contribution in [2.75, 3.05) is 0 Å². The number of carbonyl (C=O) groups is 2. The highest BCUT2D eigenvalue weighted by Gasteiger charge is 2.55. The molecule has 0 N–H and O–H groups in total. The molecular weight excluding hydrogens is 438 g/mol. The van der Waals surface area contributed by atoms with E-state index in [2.05, 4.69) is 38.6 Å². The highest BCUT2D eigenvalue weighted by Crippen LogP contribution is 2.59. The fourth-order valence-corrected chi connectivity index (χ4v) is 7.15. The van der Waals surface area contributed by atoms with Crippen LogP contribution in [-0.4, -0.2) is 11.6 Å². The summed E-state index contributed by atoms with van der Waals surface area (Å²) in [6.07, 6.45) is 8.29. The second-order valence-corrected chi connectivity index (χ2v) is 11.6. The molecule has 0 heterocycles. The molecule has 0 aliphatic heterocycles. The van der Waals surface area contributed by atoms with E-state index in [9.17, 15) is 14.9 Å². The average Bonchev–Trinajstić information content (AvgIpc) is 2.82. The lowest BCUT2D eigenvalue weighted by molar-refractivity contribution is -0.130. The van der Waals surface area contributed by atoms with Gasteiger partial charge in [-0.1, -0.05) is 54.6 Å². The number of thioether (sulfide) groups is 1. The average molecular weight is 474 g/mol. The van der Waals surface area contributed by atoms with E-state index in [1.54, 1.807) is 11.8 Å². The molecule has 0 saturated heterocycles. The van der Waals surface area contributed by atoms with Crippen LogP contribution in [-0.2, 0) is 9.59 Å². The number of hydrogen-bond acceptors (Lipinski definition) is 4. The fourth-order valence-electron chi connectivity index (χ4n) is 6.35. The Morgan fingerprint density at radius 2 is 2.00 bits per heavy atom. The second kappa shape index (κ2) is 10.5. The van der Waals surface area contributed by atoms with Crippen LogP contribution in [0.2, 0.25) is 0 Å². The molecule has 0 bridgehead atoms. The SMILES string of the molecule is C=C(C)[C@H]1C[C@H](C#N)[C@@]2(C)C/C(=C\Sc3ccccc3)C(=O)[C@@H](CCC3=CC(=O)CCC3)[C@@H]2C1. The number of nitrogens with zero attached hydrogens (tertiary/aromatic N) is 1. The van der Waals surface area contributed by atoms with Crippen LogP contribution in [0.3, 0.4) is 0 Å². The quantitative estimate of drug-likeness (QED) is 0.244. The lowest BCUT2D eigenvalue weighted by Gasteiger charge is -2.54. The Hall–Kier alpha value is -2.38. The predicted molar refractivity (Wildman–Crippen MR) is 138 cm³/mol. The van der Waals surface area contributed by atoms with E-state index >= 15 is 0 Å². The molecule has 0 amide bonds. The first kappa shape index (κ1) is 24.7. The van der Waals surface area contributed by atoms with Crippen LogP contribution in [0.5, 0.6) is 0 Å². The third-order valence-electron chi connectivity index (χ3n) is 8.41. The van der Waals surface area contributed by atoms with E-state index in [-0.39, 0.29) is 40.7 Å². The van der Waals surface area contributed by atoms with Crippen molar-refractivity contribution in [3.63, 3.8) is 0 Å². The van der Waals surface area contributed by atoms with Crippen LogP contribution in [0, 0.1) is 40.4 Å². The van der Waals surface area contributed by atoms with Crippen molar-refractivity contribution in [2.24, 2.45) is 29.1 Å². The van der Waals surface area contributed by atoms with Gasteiger partial charge in [0.1, 0.15) is 0 Å². The molecule has 1 aromatic carbocycles. The molecule has 3 aliphatic rings. The number of hydrogen-bond donors (Lipinski definition) is 0. The normalized spacial score (nSPS) is 32.6. The number of allylic oxidation sites excluding steroid dienone is 4. The van der Waals surface area contributed by atoms with Gasteiger partial charge in [0.15, 0.2) is 11.6 Å². The zero-order valence-electron chi connectivity index (χ0n) is 20.4. The number of carbonyl (C=O) groups excluding carboxylic acids is 2. The van der Waals surface area contributed by atoms with Crippen molar-refractivity contribution in [3.8, 4) is 6.07 Å². The van der Waals surface area contributed by atoms with Crippen molar-refractivity contribution < 1.29 is 9.59 Å². The molecule has 0 aromatic heterocycles. The lowest BCUT2D eigenvalue weighted by Crippen LogP contribution is -2.51. The summed E-state index contributed by atoms with van der Waals surface area (Å²) >= 11 is 1.60. The van der Waals surface area contributed by atoms with Crippen LogP contribution in [0.15, 0.2) is 70.0 Å². The minimum Gasteiger partial charge on any atom is -0.295 e. The number of Topliss-reactive ketones (excluding diaryl/α,β-unsaturated/α-hetero) is 1. The van der Waals surface area contributed by atoms with Gasteiger partial charge >= 0.3 is 0 Å². The Bertz CT molecular complexity index is 1060. The van der Waals surface area contributed by atoms with E-state index in [1.165, 1.54) is 5.57 Å². The van der Waals surface area contributed by atoms with Gasteiger partial charge in [0.25, 0.3) is 0 Å². The van der Waals surface area contributed by atoms with Gasteiger partial charge in [-0.3, -0.25) is 9.59 Å². The third kappa shape index (κ3) is 5.15. The molecule has 0 unspecified atom stereocenters. The first-order valence-electron chi connectivity index (χ1n) is 12.5. The van der Waals surface area contributed by atoms with Crippen LogP contribution in [0.4, 0.5) is 0 Å². The summed E-state index contributed by atoms with van der Waals surface area (Å²) in [4.78, 5) is 26.9. The van der Waals surface area contributed by atoms with Gasteiger partial charge in [-0.25, -0.2) is 0 Å². The molecular formula is C30H35NO2S. The number of rotatable bonds is 6. The third-order valence-corrected chi connectivity index (χ3v) is 9.35. The van der Waals surface area contributed by atoms with E-state index in [0.717, 1.165) is 54.6 Å². The summed E-state index contributed by atoms with van der Waals surface area (Å²) in [5.74, 6) is 0.705. The minimum absolute atomic E-state index is 0.0934. The summed E-state index contributed by atoms with van der Waals surface area (Å²) in [5.41, 5.74) is 2.94. The van der Waals surface area contributed by atoms with Crippen LogP contribution >= 0.6 is 11.8 Å². The number of benzene rings is 1. The van der Waals surface area contributed by atoms with E-state index in [4.69, 9.17) is 0 Å². The van der Waals surface area contributed by atoms with Gasteiger partial charge in [-0.2, -0.15) is 5.26 Å².